The molecule has 1 aliphatic heterocycles. The molecule has 0 spiro atoms. The van der Waals surface area contributed by atoms with Crippen molar-refractivity contribution in [1.29, 1.82) is 0 Å². The number of fused-ring (bicyclic) bond motifs is 1. The van der Waals surface area contributed by atoms with Crippen LogP contribution in [0.25, 0.3) is 0 Å². The van der Waals surface area contributed by atoms with Crippen LogP contribution in [-0.2, 0) is 18.8 Å². The fraction of sp³-hybridized carbons (Fsp3) is 0.240. The van der Waals surface area contributed by atoms with E-state index >= 15 is 0 Å². The lowest BCUT2D eigenvalue weighted by atomic mass is 9.87. The maximum absolute atomic E-state index is 13.4. The van der Waals surface area contributed by atoms with E-state index in [1.54, 1.807) is 6.07 Å². The molecule has 0 saturated heterocycles. The van der Waals surface area contributed by atoms with E-state index in [4.69, 9.17) is 0 Å². The zero-order valence-electron chi connectivity index (χ0n) is 17.5. The third kappa shape index (κ3) is 4.60. The molecule has 172 valence electrons. The Kier molecular flexibility index (Phi) is 5.72. The minimum absolute atomic E-state index is 0.0275. The Morgan fingerprint density at radius 1 is 0.848 bits per heavy atom. The van der Waals surface area contributed by atoms with Crippen molar-refractivity contribution in [1.82, 2.24) is 4.90 Å². The first-order chi connectivity index (χ1) is 15.4. The maximum Gasteiger partial charge on any atom is 0.416 e. The molecule has 0 N–H and O–H groups in total. The van der Waals surface area contributed by atoms with Gasteiger partial charge in [0.2, 0.25) is 0 Å². The van der Waals surface area contributed by atoms with Gasteiger partial charge in [-0.3, -0.25) is 4.79 Å². The minimum atomic E-state index is -5.03. The molecule has 0 fully saturated rings. The van der Waals surface area contributed by atoms with Crippen LogP contribution in [0, 0.1) is 6.92 Å². The molecule has 33 heavy (non-hydrogen) atoms. The molecule has 0 saturated carbocycles. The molecule has 1 heterocycles. The first-order valence-electron chi connectivity index (χ1n) is 10.2. The number of nitrogens with zero attached hydrogens (tertiary/aromatic N) is 1. The highest BCUT2D eigenvalue weighted by atomic mass is 19.4. The van der Waals surface area contributed by atoms with Crippen molar-refractivity contribution >= 4 is 5.91 Å². The van der Waals surface area contributed by atoms with Gasteiger partial charge in [0.05, 0.1) is 17.2 Å². The molecule has 3 aromatic rings. The second-order valence-corrected chi connectivity index (χ2v) is 8.06. The molecule has 1 aliphatic rings. The van der Waals surface area contributed by atoms with Crippen molar-refractivity contribution in [2.24, 2.45) is 0 Å². The Morgan fingerprint density at radius 3 is 2.00 bits per heavy atom. The van der Waals surface area contributed by atoms with Crippen molar-refractivity contribution in [2.75, 3.05) is 6.54 Å². The highest BCUT2D eigenvalue weighted by Crippen LogP contribution is 2.39. The van der Waals surface area contributed by atoms with Crippen LogP contribution < -0.4 is 0 Å². The van der Waals surface area contributed by atoms with Gasteiger partial charge >= 0.3 is 12.4 Å². The van der Waals surface area contributed by atoms with Crippen LogP contribution in [0.5, 0.6) is 0 Å². The van der Waals surface area contributed by atoms with Crippen molar-refractivity contribution in [3.8, 4) is 0 Å². The van der Waals surface area contributed by atoms with Gasteiger partial charge in [0.25, 0.3) is 5.91 Å². The van der Waals surface area contributed by atoms with Crippen LogP contribution in [0.15, 0.2) is 66.7 Å². The lowest BCUT2D eigenvalue weighted by Gasteiger charge is -2.38. The number of rotatable bonds is 2. The van der Waals surface area contributed by atoms with Crippen LogP contribution in [0.4, 0.5) is 26.3 Å². The van der Waals surface area contributed by atoms with E-state index in [1.807, 2.05) is 49.4 Å². The summed E-state index contributed by atoms with van der Waals surface area (Å²) in [6.45, 7) is 2.05. The largest absolute Gasteiger partial charge is 0.416 e. The van der Waals surface area contributed by atoms with E-state index in [0.29, 0.717) is 18.6 Å². The predicted octanol–water partition coefficient (Wildman–Crippen LogP) is 6.82. The number of amides is 1. The molecule has 1 amide bonds. The maximum atomic E-state index is 13.4. The molecular formula is C25H19F6NO. The van der Waals surface area contributed by atoms with Gasteiger partial charge in [-0.2, -0.15) is 26.3 Å². The fourth-order valence-electron chi connectivity index (χ4n) is 4.14. The second kappa shape index (κ2) is 8.24. The molecule has 0 bridgehead atoms. The summed E-state index contributed by atoms with van der Waals surface area (Å²) in [6, 6.07) is 15.1. The predicted molar refractivity (Wildman–Crippen MR) is 111 cm³/mol. The number of alkyl halides is 6. The molecule has 0 aliphatic carbocycles. The molecule has 0 aromatic heterocycles. The van der Waals surface area contributed by atoms with E-state index in [2.05, 4.69) is 0 Å². The number of hydrogen-bond acceptors (Lipinski definition) is 1. The van der Waals surface area contributed by atoms with E-state index in [0.717, 1.165) is 22.3 Å². The summed E-state index contributed by atoms with van der Waals surface area (Å²) in [7, 11) is 0. The number of carbonyl (C=O) groups is 1. The van der Waals surface area contributed by atoms with E-state index < -0.39 is 41.0 Å². The van der Waals surface area contributed by atoms with Crippen LogP contribution in [0.1, 0.15) is 49.8 Å². The Bertz CT molecular complexity index is 1150. The van der Waals surface area contributed by atoms with Crippen LogP contribution in [-0.4, -0.2) is 17.4 Å². The molecule has 8 heteroatoms. The first kappa shape index (κ1) is 22.9. The summed E-state index contributed by atoms with van der Waals surface area (Å²) < 4.78 is 80.0. The van der Waals surface area contributed by atoms with Crippen molar-refractivity contribution in [2.45, 2.75) is 31.7 Å². The number of carbonyl (C=O) groups excluding carboxylic acids is 1. The molecular weight excluding hydrogens is 444 g/mol. The Hall–Kier alpha value is -3.29. The summed E-state index contributed by atoms with van der Waals surface area (Å²) >= 11 is 0. The summed E-state index contributed by atoms with van der Waals surface area (Å²) in [4.78, 5) is 14.8. The summed E-state index contributed by atoms with van der Waals surface area (Å²) in [5.74, 6) is -0.883. The van der Waals surface area contributed by atoms with Crippen LogP contribution in [0.3, 0.4) is 0 Å². The smallest absolute Gasteiger partial charge is 0.327 e. The fourth-order valence-corrected chi connectivity index (χ4v) is 4.14. The lowest BCUT2D eigenvalue weighted by Crippen LogP contribution is -2.40. The number of aryl methyl sites for hydroxylation is 1. The second-order valence-electron chi connectivity index (χ2n) is 8.06. The SMILES string of the molecule is Cc1ccc([C@H]2c3ccccc3CCN2C(=O)c2cc(C(F)(F)F)cc(C(F)(F)F)c2)cc1. The van der Waals surface area contributed by atoms with Gasteiger partial charge in [-0.05, 0) is 48.2 Å². The van der Waals surface area contributed by atoms with Gasteiger partial charge in [-0.1, -0.05) is 54.1 Å². The zero-order valence-corrected chi connectivity index (χ0v) is 17.5. The molecule has 2 nitrogen and oxygen atoms in total. The monoisotopic (exact) mass is 463 g/mol. The van der Waals surface area contributed by atoms with Gasteiger partial charge < -0.3 is 4.90 Å². The average Bonchev–Trinajstić information content (AvgIpc) is 2.77. The van der Waals surface area contributed by atoms with Gasteiger partial charge in [0, 0.05) is 12.1 Å². The summed E-state index contributed by atoms with van der Waals surface area (Å²) in [5.41, 5.74) is -0.183. The highest BCUT2D eigenvalue weighted by Gasteiger charge is 2.39. The Labute approximate surface area is 186 Å². The quantitative estimate of drug-likeness (QED) is 0.382. The van der Waals surface area contributed by atoms with E-state index in [9.17, 15) is 31.1 Å². The highest BCUT2D eigenvalue weighted by molar-refractivity contribution is 5.95. The Balaban J connectivity index is 1.83. The lowest BCUT2D eigenvalue weighted by molar-refractivity contribution is -0.143. The third-order valence-electron chi connectivity index (χ3n) is 5.77. The normalized spacial score (nSPS) is 16.5. The average molecular weight is 463 g/mol. The third-order valence-corrected chi connectivity index (χ3v) is 5.77. The molecule has 0 radical (unpaired) electrons. The van der Waals surface area contributed by atoms with Crippen LogP contribution in [0.2, 0.25) is 0 Å². The molecule has 4 rings (SSSR count). The summed E-state index contributed by atoms with van der Waals surface area (Å²) in [5, 5.41) is 0. The molecule has 1 atom stereocenters. The van der Waals surface area contributed by atoms with E-state index in [-0.39, 0.29) is 12.6 Å². The van der Waals surface area contributed by atoms with Gasteiger partial charge in [0.1, 0.15) is 0 Å². The van der Waals surface area contributed by atoms with Crippen molar-refractivity contribution in [3.05, 3.63) is 106 Å². The van der Waals surface area contributed by atoms with Crippen LogP contribution >= 0.6 is 0 Å². The number of hydrogen-bond donors (Lipinski definition) is 0. The van der Waals surface area contributed by atoms with Gasteiger partial charge in [-0.25, -0.2) is 0 Å². The number of benzene rings is 3. The Morgan fingerprint density at radius 2 is 1.42 bits per heavy atom. The van der Waals surface area contributed by atoms with E-state index in [1.165, 1.54) is 4.90 Å². The molecule has 3 aromatic carbocycles. The first-order valence-corrected chi connectivity index (χ1v) is 10.2. The zero-order chi connectivity index (χ0) is 24.0. The summed E-state index contributed by atoms with van der Waals surface area (Å²) in [6.07, 6.45) is -9.61. The minimum Gasteiger partial charge on any atom is -0.327 e. The molecule has 0 unspecified atom stereocenters. The number of halogens is 6. The van der Waals surface area contributed by atoms with Crippen molar-refractivity contribution < 1.29 is 31.1 Å². The standard InChI is InChI=1S/C25H19F6NO/c1-15-6-8-17(9-7-15)22-21-5-3-2-4-16(21)10-11-32(22)23(33)18-12-19(24(26,27)28)14-20(13-18)25(29,30)31/h2-9,12-14,22H,10-11H2,1H3/t22-/m0/s1. The van der Waals surface area contributed by atoms with Gasteiger partial charge in [-0.15, -0.1) is 0 Å². The van der Waals surface area contributed by atoms with Crippen molar-refractivity contribution in [3.63, 3.8) is 0 Å². The topological polar surface area (TPSA) is 20.3 Å². The van der Waals surface area contributed by atoms with Gasteiger partial charge in [0.15, 0.2) is 0 Å².